The molecule has 26 heavy (non-hydrogen) atoms. The predicted molar refractivity (Wildman–Crippen MR) is 102 cm³/mol. The molecule has 0 spiro atoms. The third-order valence-electron chi connectivity index (χ3n) is 3.55. The van der Waals surface area contributed by atoms with Crippen LogP contribution in [0.15, 0.2) is 60.1 Å². The summed E-state index contributed by atoms with van der Waals surface area (Å²) in [6, 6.07) is 9.56. The summed E-state index contributed by atoms with van der Waals surface area (Å²) in [7, 11) is 0.0651. The normalized spacial score (nSPS) is 11.0. The Balaban J connectivity index is 2.14. The average Bonchev–Trinajstić information content (AvgIpc) is 2.64. The van der Waals surface area contributed by atoms with Crippen molar-refractivity contribution in [3.63, 3.8) is 0 Å². The number of rotatable bonds is 8. The fraction of sp³-hybridized carbons (Fsp3) is 0.222. The highest BCUT2D eigenvalue weighted by atomic mass is 32.2. The van der Waals surface area contributed by atoms with Crippen LogP contribution in [0.3, 0.4) is 0 Å². The topological polar surface area (TPSA) is 91.4 Å². The van der Waals surface area contributed by atoms with Crippen molar-refractivity contribution in [3.05, 3.63) is 66.4 Å². The van der Waals surface area contributed by atoms with Gasteiger partial charge in [-0.2, -0.15) is 0 Å². The molecule has 8 heteroatoms. The van der Waals surface area contributed by atoms with Crippen molar-refractivity contribution in [1.29, 1.82) is 0 Å². The van der Waals surface area contributed by atoms with E-state index in [0.717, 1.165) is 11.4 Å². The number of nitrogens with one attached hydrogen (secondary N) is 2. The van der Waals surface area contributed by atoms with Crippen LogP contribution >= 0.6 is 0 Å². The quantitative estimate of drug-likeness (QED) is 0.684. The van der Waals surface area contributed by atoms with Gasteiger partial charge in [0.05, 0.1) is 4.90 Å². The van der Waals surface area contributed by atoms with Crippen LogP contribution in [0.1, 0.15) is 15.9 Å². The van der Waals surface area contributed by atoms with Crippen LogP contribution in [-0.2, 0) is 16.6 Å². The summed E-state index contributed by atoms with van der Waals surface area (Å²) in [6.07, 6.45) is 3.13. The summed E-state index contributed by atoms with van der Waals surface area (Å²) < 4.78 is 26.7. The molecule has 1 heterocycles. The van der Waals surface area contributed by atoms with Crippen LogP contribution in [0.2, 0.25) is 0 Å². The third kappa shape index (κ3) is 4.90. The zero-order valence-corrected chi connectivity index (χ0v) is 15.6. The Labute approximate surface area is 153 Å². The van der Waals surface area contributed by atoms with Crippen molar-refractivity contribution in [3.8, 4) is 0 Å². The fourth-order valence-corrected chi connectivity index (χ4v) is 3.35. The maximum atomic E-state index is 12.4. The molecule has 1 aromatic carbocycles. The van der Waals surface area contributed by atoms with Gasteiger partial charge in [0.1, 0.15) is 5.82 Å². The van der Waals surface area contributed by atoms with Gasteiger partial charge in [-0.3, -0.25) is 4.79 Å². The molecule has 0 radical (unpaired) electrons. The molecule has 0 aliphatic heterocycles. The van der Waals surface area contributed by atoms with E-state index in [1.54, 1.807) is 18.3 Å². The highest BCUT2D eigenvalue weighted by Gasteiger charge is 2.15. The molecule has 0 atom stereocenters. The van der Waals surface area contributed by atoms with Crippen LogP contribution in [0.4, 0.5) is 5.82 Å². The molecular formula is C18H22N4O3S. The van der Waals surface area contributed by atoms with E-state index in [-0.39, 0.29) is 29.5 Å². The van der Waals surface area contributed by atoms with Gasteiger partial charge in [-0.1, -0.05) is 18.2 Å². The number of sulfonamides is 1. The Bertz CT molecular complexity index is 895. The standard InChI is InChI=1S/C18H22N4O3S/c1-4-10-21-26(24,25)16-9-5-7-14(12-16)18(23)20-13-15-8-6-11-19-17(15)22(2)3/h4-9,11-12,21H,1,10,13H2,2-3H3,(H,20,23). The molecule has 0 fully saturated rings. The number of hydrogen-bond donors (Lipinski definition) is 2. The Morgan fingerprint density at radius 1 is 1.27 bits per heavy atom. The lowest BCUT2D eigenvalue weighted by molar-refractivity contribution is 0.0950. The van der Waals surface area contributed by atoms with E-state index >= 15 is 0 Å². The SMILES string of the molecule is C=CCNS(=O)(=O)c1cccc(C(=O)NCc2cccnc2N(C)C)c1. The van der Waals surface area contributed by atoms with Gasteiger partial charge in [0, 0.05) is 44.5 Å². The minimum atomic E-state index is -3.68. The summed E-state index contributed by atoms with van der Waals surface area (Å²) in [4.78, 5) is 18.6. The number of anilines is 1. The van der Waals surface area contributed by atoms with Crippen LogP contribution in [0.25, 0.3) is 0 Å². The van der Waals surface area contributed by atoms with Gasteiger partial charge in [-0.15, -0.1) is 6.58 Å². The summed E-state index contributed by atoms with van der Waals surface area (Å²) in [5.74, 6) is 0.400. The Kier molecular flexibility index (Phi) is 6.48. The second-order valence-corrected chi connectivity index (χ2v) is 7.50. The third-order valence-corrected chi connectivity index (χ3v) is 4.98. The summed E-state index contributed by atoms with van der Waals surface area (Å²) in [5, 5.41) is 2.80. The van der Waals surface area contributed by atoms with E-state index in [0.29, 0.717) is 0 Å². The highest BCUT2D eigenvalue weighted by Crippen LogP contribution is 2.15. The lowest BCUT2D eigenvalue weighted by Crippen LogP contribution is -2.26. The van der Waals surface area contributed by atoms with Crippen molar-refractivity contribution >= 4 is 21.7 Å². The van der Waals surface area contributed by atoms with Gasteiger partial charge < -0.3 is 10.2 Å². The van der Waals surface area contributed by atoms with Gasteiger partial charge in [-0.05, 0) is 24.3 Å². The van der Waals surface area contributed by atoms with E-state index in [9.17, 15) is 13.2 Å². The maximum Gasteiger partial charge on any atom is 0.251 e. The molecule has 1 aromatic heterocycles. The number of aromatic nitrogens is 1. The van der Waals surface area contributed by atoms with E-state index in [2.05, 4.69) is 21.6 Å². The number of nitrogens with zero attached hydrogens (tertiary/aromatic N) is 2. The number of benzene rings is 1. The van der Waals surface area contributed by atoms with E-state index < -0.39 is 10.0 Å². The van der Waals surface area contributed by atoms with Gasteiger partial charge in [0.15, 0.2) is 0 Å². The predicted octanol–water partition coefficient (Wildman–Crippen LogP) is 1.54. The largest absolute Gasteiger partial charge is 0.362 e. The molecule has 2 rings (SSSR count). The maximum absolute atomic E-state index is 12.4. The van der Waals surface area contributed by atoms with Crippen molar-refractivity contribution in [2.24, 2.45) is 0 Å². The lowest BCUT2D eigenvalue weighted by Gasteiger charge is -2.16. The number of hydrogen-bond acceptors (Lipinski definition) is 5. The first-order chi connectivity index (χ1) is 12.3. The van der Waals surface area contributed by atoms with Gasteiger partial charge in [0.2, 0.25) is 10.0 Å². The van der Waals surface area contributed by atoms with Crippen molar-refractivity contribution in [2.75, 3.05) is 25.5 Å². The number of carbonyl (C=O) groups excluding carboxylic acids is 1. The molecule has 0 bridgehead atoms. The second-order valence-electron chi connectivity index (χ2n) is 5.73. The first kappa shape index (κ1) is 19.6. The summed E-state index contributed by atoms with van der Waals surface area (Å²) in [6.45, 7) is 3.88. The minimum Gasteiger partial charge on any atom is -0.362 e. The van der Waals surface area contributed by atoms with Crippen LogP contribution in [0, 0.1) is 0 Å². The Morgan fingerprint density at radius 2 is 2.04 bits per heavy atom. The monoisotopic (exact) mass is 374 g/mol. The molecular weight excluding hydrogens is 352 g/mol. The van der Waals surface area contributed by atoms with Crippen molar-refractivity contribution in [2.45, 2.75) is 11.4 Å². The first-order valence-corrected chi connectivity index (χ1v) is 9.43. The molecule has 1 amide bonds. The molecule has 0 aliphatic carbocycles. The molecule has 0 aliphatic rings. The lowest BCUT2D eigenvalue weighted by atomic mass is 10.2. The first-order valence-electron chi connectivity index (χ1n) is 7.95. The van der Waals surface area contributed by atoms with E-state index in [4.69, 9.17) is 0 Å². The summed E-state index contributed by atoms with van der Waals surface area (Å²) in [5.41, 5.74) is 1.13. The summed E-state index contributed by atoms with van der Waals surface area (Å²) >= 11 is 0. The number of amides is 1. The number of carbonyl (C=O) groups is 1. The van der Waals surface area contributed by atoms with Gasteiger partial charge in [0.25, 0.3) is 5.91 Å². The van der Waals surface area contributed by atoms with Crippen molar-refractivity contribution in [1.82, 2.24) is 15.0 Å². The minimum absolute atomic E-state index is 0.0300. The molecule has 138 valence electrons. The van der Waals surface area contributed by atoms with Crippen LogP contribution in [0.5, 0.6) is 0 Å². The second kappa shape index (κ2) is 8.59. The van der Waals surface area contributed by atoms with Crippen molar-refractivity contribution < 1.29 is 13.2 Å². The van der Waals surface area contributed by atoms with E-state index in [1.807, 2.05) is 25.1 Å². The molecule has 2 aromatic rings. The van der Waals surface area contributed by atoms with Gasteiger partial charge >= 0.3 is 0 Å². The van der Waals surface area contributed by atoms with Crippen LogP contribution < -0.4 is 14.9 Å². The zero-order chi connectivity index (χ0) is 19.2. The van der Waals surface area contributed by atoms with E-state index in [1.165, 1.54) is 24.3 Å². The Hall–Kier alpha value is -2.71. The fourth-order valence-electron chi connectivity index (χ4n) is 2.30. The molecule has 0 saturated carbocycles. The Morgan fingerprint density at radius 3 is 2.73 bits per heavy atom. The highest BCUT2D eigenvalue weighted by molar-refractivity contribution is 7.89. The number of pyridine rings is 1. The average molecular weight is 374 g/mol. The molecule has 7 nitrogen and oxygen atoms in total. The molecule has 0 saturated heterocycles. The van der Waals surface area contributed by atoms with Gasteiger partial charge in [-0.25, -0.2) is 18.1 Å². The molecule has 0 unspecified atom stereocenters. The van der Waals surface area contributed by atoms with Crippen LogP contribution in [-0.4, -0.2) is 39.9 Å². The smallest absolute Gasteiger partial charge is 0.251 e. The molecule has 2 N–H and O–H groups in total. The zero-order valence-electron chi connectivity index (χ0n) is 14.8.